The summed E-state index contributed by atoms with van der Waals surface area (Å²) in [5.74, 6) is 0.632. The van der Waals surface area contributed by atoms with Gasteiger partial charge >= 0.3 is 0 Å². The van der Waals surface area contributed by atoms with Crippen molar-refractivity contribution in [3.05, 3.63) is 24.3 Å². The van der Waals surface area contributed by atoms with E-state index in [4.69, 9.17) is 22.7 Å². The number of methoxy groups -OCH3 is 1. The predicted molar refractivity (Wildman–Crippen MR) is 80.5 cm³/mol. The van der Waals surface area contributed by atoms with Crippen molar-refractivity contribution < 1.29 is 9.53 Å². The third kappa shape index (κ3) is 4.84. The number of hydrogen-bond donors (Lipinski definition) is 2. The molecule has 0 aromatic heterocycles. The molecule has 0 radical (unpaired) electrons. The van der Waals surface area contributed by atoms with Gasteiger partial charge in [0, 0.05) is 5.69 Å². The Bertz CT molecular complexity index is 448. The number of hydrogen-bond acceptors (Lipinski definition) is 4. The van der Waals surface area contributed by atoms with E-state index in [2.05, 4.69) is 5.32 Å². The van der Waals surface area contributed by atoms with Gasteiger partial charge in [-0.3, -0.25) is 9.69 Å². The highest BCUT2D eigenvalue weighted by molar-refractivity contribution is 7.80. The minimum Gasteiger partial charge on any atom is -0.497 e. The van der Waals surface area contributed by atoms with Crippen molar-refractivity contribution in [3.63, 3.8) is 0 Å². The summed E-state index contributed by atoms with van der Waals surface area (Å²) in [6.07, 6.45) is 0. The van der Waals surface area contributed by atoms with Gasteiger partial charge in [-0.2, -0.15) is 0 Å². The molecule has 1 amide bonds. The highest BCUT2D eigenvalue weighted by atomic mass is 32.1. The van der Waals surface area contributed by atoms with Crippen LogP contribution in [0.25, 0.3) is 0 Å². The van der Waals surface area contributed by atoms with E-state index >= 15 is 0 Å². The lowest BCUT2D eigenvalue weighted by atomic mass is 10.3. The first-order chi connectivity index (χ1) is 8.93. The minimum absolute atomic E-state index is 0.114. The first-order valence-electron chi connectivity index (χ1n) is 5.87. The van der Waals surface area contributed by atoms with Gasteiger partial charge in [0.25, 0.3) is 0 Å². The maximum absolute atomic E-state index is 11.8. The highest BCUT2D eigenvalue weighted by Crippen LogP contribution is 2.14. The Hall–Kier alpha value is -1.66. The van der Waals surface area contributed by atoms with Gasteiger partial charge in [-0.1, -0.05) is 12.2 Å². The Labute approximate surface area is 118 Å². The van der Waals surface area contributed by atoms with Crippen LogP contribution in [0.5, 0.6) is 5.75 Å². The van der Waals surface area contributed by atoms with Gasteiger partial charge in [0.15, 0.2) is 0 Å². The third-order valence-corrected chi connectivity index (χ3v) is 3.18. The van der Waals surface area contributed by atoms with Gasteiger partial charge in [0.2, 0.25) is 5.91 Å². The molecule has 0 aliphatic carbocycles. The maximum Gasteiger partial charge on any atom is 0.238 e. The minimum atomic E-state index is -0.115. The average molecular weight is 281 g/mol. The molecule has 104 valence electrons. The molecule has 3 N–H and O–H groups in total. The lowest BCUT2D eigenvalue weighted by molar-refractivity contribution is -0.117. The lowest BCUT2D eigenvalue weighted by Gasteiger charge is -2.22. The van der Waals surface area contributed by atoms with E-state index in [1.165, 1.54) is 0 Å². The van der Waals surface area contributed by atoms with E-state index < -0.39 is 0 Å². The van der Waals surface area contributed by atoms with E-state index in [9.17, 15) is 4.79 Å². The summed E-state index contributed by atoms with van der Waals surface area (Å²) in [5, 5.41) is 2.80. The number of likely N-dealkylation sites (N-methyl/N-ethyl adjacent to an activating group) is 1. The topological polar surface area (TPSA) is 67.6 Å². The Morgan fingerprint density at radius 3 is 2.53 bits per heavy atom. The van der Waals surface area contributed by atoms with Crippen molar-refractivity contribution in [1.82, 2.24) is 4.90 Å². The van der Waals surface area contributed by atoms with Crippen LogP contribution in [0.1, 0.15) is 6.92 Å². The first-order valence-corrected chi connectivity index (χ1v) is 6.28. The number of carbonyl (C=O) groups is 1. The molecule has 1 unspecified atom stereocenters. The van der Waals surface area contributed by atoms with Gasteiger partial charge < -0.3 is 15.8 Å². The molecule has 1 aromatic rings. The van der Waals surface area contributed by atoms with Crippen LogP contribution >= 0.6 is 12.2 Å². The number of nitrogens with two attached hydrogens (primary N) is 1. The summed E-state index contributed by atoms with van der Waals surface area (Å²) >= 11 is 4.90. The SMILES string of the molecule is COc1ccc(NC(=O)CN(C)C(C)C(N)=S)cc1. The van der Waals surface area contributed by atoms with Crippen molar-refractivity contribution in [1.29, 1.82) is 0 Å². The normalized spacial score (nSPS) is 12.0. The molecule has 0 aliphatic heterocycles. The van der Waals surface area contributed by atoms with E-state index in [1.807, 2.05) is 6.92 Å². The van der Waals surface area contributed by atoms with Gasteiger partial charge in [-0.25, -0.2) is 0 Å². The molecule has 0 spiro atoms. The number of rotatable bonds is 6. The molecule has 1 rings (SSSR count). The molecule has 1 aromatic carbocycles. The highest BCUT2D eigenvalue weighted by Gasteiger charge is 2.15. The number of amides is 1. The number of benzene rings is 1. The van der Waals surface area contributed by atoms with Crippen molar-refractivity contribution in [2.75, 3.05) is 26.0 Å². The van der Waals surface area contributed by atoms with E-state index in [0.29, 0.717) is 4.99 Å². The Kier molecular flexibility index (Phi) is 5.72. The van der Waals surface area contributed by atoms with Crippen molar-refractivity contribution in [3.8, 4) is 5.75 Å². The predicted octanol–water partition coefficient (Wildman–Crippen LogP) is 1.24. The summed E-state index contributed by atoms with van der Waals surface area (Å²) in [4.78, 5) is 14.0. The number of carbonyl (C=O) groups excluding carboxylic acids is 1. The molecule has 0 bridgehead atoms. The third-order valence-electron chi connectivity index (χ3n) is 2.84. The van der Waals surface area contributed by atoms with Gasteiger partial charge in [-0.05, 0) is 38.2 Å². The van der Waals surface area contributed by atoms with Crippen LogP contribution in [0.3, 0.4) is 0 Å². The molecule has 0 fully saturated rings. The molecule has 1 atom stereocenters. The van der Waals surface area contributed by atoms with Crippen LogP contribution < -0.4 is 15.8 Å². The zero-order chi connectivity index (χ0) is 14.4. The summed E-state index contributed by atoms with van der Waals surface area (Å²) in [6, 6.07) is 7.03. The van der Waals surface area contributed by atoms with Gasteiger partial charge in [0.05, 0.1) is 24.7 Å². The maximum atomic E-state index is 11.8. The number of thiocarbonyl (C=S) groups is 1. The molecular formula is C13H19N3O2S. The smallest absolute Gasteiger partial charge is 0.238 e. The Morgan fingerprint density at radius 2 is 2.05 bits per heavy atom. The van der Waals surface area contributed by atoms with Crippen LogP contribution in [0.15, 0.2) is 24.3 Å². The average Bonchev–Trinajstić information content (AvgIpc) is 2.38. The number of nitrogens with one attached hydrogen (secondary N) is 1. The molecule has 0 saturated carbocycles. The van der Waals surface area contributed by atoms with E-state index in [1.54, 1.807) is 43.3 Å². The van der Waals surface area contributed by atoms with Crippen LogP contribution in [0.2, 0.25) is 0 Å². The largest absolute Gasteiger partial charge is 0.497 e. The van der Waals surface area contributed by atoms with Crippen molar-refractivity contribution in [2.45, 2.75) is 13.0 Å². The molecule has 0 aliphatic rings. The molecule has 5 nitrogen and oxygen atoms in total. The Morgan fingerprint density at radius 1 is 1.47 bits per heavy atom. The van der Waals surface area contributed by atoms with Crippen LogP contribution in [0.4, 0.5) is 5.69 Å². The van der Waals surface area contributed by atoms with Crippen molar-refractivity contribution in [2.24, 2.45) is 5.73 Å². The monoisotopic (exact) mass is 281 g/mol. The zero-order valence-corrected chi connectivity index (χ0v) is 12.2. The standard InChI is InChI=1S/C13H19N3O2S/c1-9(13(14)19)16(2)8-12(17)15-10-4-6-11(18-3)7-5-10/h4-7,9H,8H2,1-3H3,(H2,14,19)(H,15,17). The fraction of sp³-hybridized carbons (Fsp3) is 0.385. The molecule has 19 heavy (non-hydrogen) atoms. The second kappa shape index (κ2) is 7.06. The Balaban J connectivity index is 2.52. The van der Waals surface area contributed by atoms with Gasteiger partial charge in [-0.15, -0.1) is 0 Å². The number of nitrogens with zero attached hydrogens (tertiary/aromatic N) is 1. The van der Waals surface area contributed by atoms with Crippen LogP contribution in [-0.4, -0.2) is 42.5 Å². The second-order valence-electron chi connectivity index (χ2n) is 4.27. The quantitative estimate of drug-likeness (QED) is 0.768. The molecule has 0 saturated heterocycles. The summed E-state index contributed by atoms with van der Waals surface area (Å²) < 4.78 is 5.05. The fourth-order valence-corrected chi connectivity index (χ4v) is 1.64. The van der Waals surface area contributed by atoms with E-state index in [-0.39, 0.29) is 18.5 Å². The molecular weight excluding hydrogens is 262 g/mol. The van der Waals surface area contributed by atoms with Gasteiger partial charge in [0.1, 0.15) is 5.75 Å². The number of anilines is 1. The van der Waals surface area contributed by atoms with Crippen molar-refractivity contribution >= 4 is 28.8 Å². The van der Waals surface area contributed by atoms with Crippen LogP contribution in [-0.2, 0) is 4.79 Å². The lowest BCUT2D eigenvalue weighted by Crippen LogP contribution is -2.43. The molecule has 0 heterocycles. The van der Waals surface area contributed by atoms with E-state index in [0.717, 1.165) is 11.4 Å². The summed E-state index contributed by atoms with van der Waals surface area (Å²) in [6.45, 7) is 2.09. The summed E-state index contributed by atoms with van der Waals surface area (Å²) in [5.41, 5.74) is 6.27. The first kappa shape index (κ1) is 15.4. The summed E-state index contributed by atoms with van der Waals surface area (Å²) in [7, 11) is 3.40. The zero-order valence-electron chi connectivity index (χ0n) is 11.3. The fourth-order valence-electron chi connectivity index (χ4n) is 1.46. The second-order valence-corrected chi connectivity index (χ2v) is 4.74. The van der Waals surface area contributed by atoms with Crippen LogP contribution in [0, 0.1) is 0 Å². The number of ether oxygens (including phenoxy) is 1. The molecule has 6 heteroatoms.